The number of nitrogens with two attached hydrogens (primary N) is 1. The molecule has 2 amide bonds. The molecular weight excluding hydrogens is 388 g/mol. The second-order valence-corrected chi connectivity index (χ2v) is 6.12. The molecule has 2 aromatic carbocycles. The molecule has 0 unspecified atom stereocenters. The van der Waals surface area contributed by atoms with Crippen LogP contribution >= 0.6 is 15.9 Å². The van der Waals surface area contributed by atoms with Gasteiger partial charge in [-0.2, -0.15) is 0 Å². The Morgan fingerprint density at radius 3 is 2.64 bits per heavy atom. The number of hydrogen-bond donors (Lipinski definition) is 5. The SMILES string of the molecule is COc1cc(NCCN)cc(NC(=O)Nc2cc(Br)ccc2CO)c1. The largest absolute Gasteiger partial charge is 0.497 e. The molecule has 25 heavy (non-hydrogen) atoms. The molecule has 0 saturated carbocycles. The minimum Gasteiger partial charge on any atom is -0.497 e. The van der Waals surface area contributed by atoms with Crippen LogP contribution in [0.5, 0.6) is 5.75 Å². The zero-order valence-electron chi connectivity index (χ0n) is 13.8. The molecule has 8 heteroatoms. The van der Waals surface area contributed by atoms with E-state index in [9.17, 15) is 9.90 Å². The Morgan fingerprint density at radius 1 is 1.20 bits per heavy atom. The summed E-state index contributed by atoms with van der Waals surface area (Å²) in [4.78, 5) is 12.3. The van der Waals surface area contributed by atoms with E-state index in [1.165, 1.54) is 0 Å². The van der Waals surface area contributed by atoms with Gasteiger partial charge < -0.3 is 31.5 Å². The summed E-state index contributed by atoms with van der Waals surface area (Å²) in [5.74, 6) is 0.607. The van der Waals surface area contributed by atoms with Crippen molar-refractivity contribution < 1.29 is 14.6 Å². The number of methoxy groups -OCH3 is 1. The molecule has 0 radical (unpaired) electrons. The highest BCUT2D eigenvalue weighted by Gasteiger charge is 2.09. The molecular formula is C17H21BrN4O3. The van der Waals surface area contributed by atoms with Crippen LogP contribution in [-0.2, 0) is 6.61 Å². The maximum atomic E-state index is 12.3. The maximum absolute atomic E-state index is 12.3. The predicted molar refractivity (Wildman–Crippen MR) is 103 cm³/mol. The van der Waals surface area contributed by atoms with E-state index in [2.05, 4.69) is 31.9 Å². The highest BCUT2D eigenvalue weighted by molar-refractivity contribution is 9.10. The van der Waals surface area contributed by atoms with Crippen molar-refractivity contribution in [2.75, 3.05) is 36.1 Å². The van der Waals surface area contributed by atoms with Crippen molar-refractivity contribution in [2.45, 2.75) is 6.61 Å². The number of carbonyl (C=O) groups excluding carboxylic acids is 1. The summed E-state index contributed by atoms with van der Waals surface area (Å²) in [6, 6.07) is 10.1. The topological polar surface area (TPSA) is 109 Å². The normalized spacial score (nSPS) is 10.2. The van der Waals surface area contributed by atoms with Gasteiger partial charge in [-0.25, -0.2) is 4.79 Å². The molecule has 0 aromatic heterocycles. The van der Waals surface area contributed by atoms with Gasteiger partial charge in [-0.1, -0.05) is 22.0 Å². The number of nitrogens with one attached hydrogen (secondary N) is 3. The molecule has 7 nitrogen and oxygen atoms in total. The lowest BCUT2D eigenvalue weighted by atomic mass is 10.2. The Kier molecular flexibility index (Phi) is 7.05. The second kappa shape index (κ2) is 9.26. The highest BCUT2D eigenvalue weighted by atomic mass is 79.9. The van der Waals surface area contributed by atoms with Crippen LogP contribution in [0.4, 0.5) is 21.9 Å². The molecule has 0 fully saturated rings. The lowest BCUT2D eigenvalue weighted by molar-refractivity contribution is 0.262. The molecule has 0 spiro atoms. The van der Waals surface area contributed by atoms with Gasteiger partial charge in [0.15, 0.2) is 0 Å². The third-order valence-electron chi connectivity index (χ3n) is 3.36. The van der Waals surface area contributed by atoms with E-state index in [4.69, 9.17) is 10.5 Å². The minimum absolute atomic E-state index is 0.171. The summed E-state index contributed by atoms with van der Waals surface area (Å²) in [5, 5.41) is 18.0. The summed E-state index contributed by atoms with van der Waals surface area (Å²) in [6.07, 6.45) is 0. The lowest BCUT2D eigenvalue weighted by Crippen LogP contribution is -2.20. The molecule has 0 atom stereocenters. The van der Waals surface area contributed by atoms with E-state index < -0.39 is 6.03 Å². The Bertz CT molecular complexity index is 740. The minimum atomic E-state index is -0.425. The highest BCUT2D eigenvalue weighted by Crippen LogP contribution is 2.25. The van der Waals surface area contributed by atoms with Crippen LogP contribution in [0.3, 0.4) is 0 Å². The first-order valence-corrected chi connectivity index (χ1v) is 8.45. The van der Waals surface area contributed by atoms with Gasteiger partial charge in [0.2, 0.25) is 0 Å². The van der Waals surface area contributed by atoms with Crippen molar-refractivity contribution in [1.82, 2.24) is 0 Å². The van der Waals surface area contributed by atoms with Gasteiger partial charge >= 0.3 is 6.03 Å². The van der Waals surface area contributed by atoms with E-state index in [1.807, 2.05) is 6.07 Å². The number of rotatable bonds is 7. The molecule has 0 heterocycles. The zero-order chi connectivity index (χ0) is 18.2. The Balaban J connectivity index is 2.13. The number of amides is 2. The van der Waals surface area contributed by atoms with Crippen molar-refractivity contribution in [3.8, 4) is 5.75 Å². The van der Waals surface area contributed by atoms with Gasteiger partial charge in [-0.05, 0) is 18.2 Å². The molecule has 134 valence electrons. The number of halogens is 1. The Hall–Kier alpha value is -2.29. The number of hydrogen-bond acceptors (Lipinski definition) is 5. The zero-order valence-corrected chi connectivity index (χ0v) is 15.4. The van der Waals surface area contributed by atoms with Gasteiger partial charge in [0.25, 0.3) is 0 Å². The lowest BCUT2D eigenvalue weighted by Gasteiger charge is -2.14. The molecule has 6 N–H and O–H groups in total. The number of ether oxygens (including phenoxy) is 1. The fourth-order valence-electron chi connectivity index (χ4n) is 2.20. The summed E-state index contributed by atoms with van der Waals surface area (Å²) in [5.41, 5.74) is 8.00. The van der Waals surface area contributed by atoms with Crippen molar-refractivity contribution >= 4 is 39.0 Å². The van der Waals surface area contributed by atoms with Crippen LogP contribution in [-0.4, -0.2) is 31.3 Å². The van der Waals surface area contributed by atoms with Gasteiger partial charge in [-0.3, -0.25) is 0 Å². The molecule has 0 saturated heterocycles. The quantitative estimate of drug-likeness (QED) is 0.483. The average Bonchev–Trinajstić information content (AvgIpc) is 2.59. The number of urea groups is 1. The first-order valence-electron chi connectivity index (χ1n) is 7.66. The van der Waals surface area contributed by atoms with Crippen LogP contribution in [0.15, 0.2) is 40.9 Å². The van der Waals surface area contributed by atoms with Crippen LogP contribution in [0.1, 0.15) is 5.56 Å². The molecule has 2 aromatic rings. The first kappa shape index (κ1) is 19.0. The fraction of sp³-hybridized carbons (Fsp3) is 0.235. The molecule has 0 bridgehead atoms. The summed E-state index contributed by atoms with van der Waals surface area (Å²) in [7, 11) is 1.56. The molecule has 0 aliphatic carbocycles. The van der Waals surface area contributed by atoms with E-state index in [1.54, 1.807) is 37.4 Å². The standard InChI is InChI=1S/C17H21BrN4O3/c1-25-15-8-13(20-5-4-19)7-14(9-15)21-17(24)22-16-6-12(18)3-2-11(16)10-23/h2-3,6-9,20,23H,4-5,10,19H2,1H3,(H2,21,22,24). The first-order chi connectivity index (χ1) is 12.0. The van der Waals surface area contributed by atoms with Gasteiger partial charge in [-0.15, -0.1) is 0 Å². The van der Waals surface area contributed by atoms with E-state index in [0.29, 0.717) is 35.8 Å². The number of benzene rings is 2. The monoisotopic (exact) mass is 408 g/mol. The van der Waals surface area contributed by atoms with E-state index in [0.717, 1.165) is 10.2 Å². The van der Waals surface area contributed by atoms with E-state index in [-0.39, 0.29) is 6.61 Å². The van der Waals surface area contributed by atoms with Gasteiger partial charge in [0, 0.05) is 52.3 Å². The van der Waals surface area contributed by atoms with Crippen molar-refractivity contribution in [3.63, 3.8) is 0 Å². The molecule has 2 rings (SSSR count). The number of aliphatic hydroxyl groups is 1. The Labute approximate surface area is 154 Å². The number of carbonyl (C=O) groups is 1. The van der Waals surface area contributed by atoms with Crippen LogP contribution in [0.25, 0.3) is 0 Å². The predicted octanol–water partition coefficient (Wildman–Crippen LogP) is 2.96. The summed E-state index contributed by atoms with van der Waals surface area (Å²) >= 11 is 3.35. The Morgan fingerprint density at radius 2 is 1.96 bits per heavy atom. The third-order valence-corrected chi connectivity index (χ3v) is 3.86. The van der Waals surface area contributed by atoms with Crippen LogP contribution in [0.2, 0.25) is 0 Å². The van der Waals surface area contributed by atoms with Crippen LogP contribution in [0, 0.1) is 0 Å². The van der Waals surface area contributed by atoms with Crippen molar-refractivity contribution in [2.24, 2.45) is 5.73 Å². The average molecular weight is 409 g/mol. The smallest absolute Gasteiger partial charge is 0.323 e. The third kappa shape index (κ3) is 5.63. The number of aliphatic hydroxyl groups excluding tert-OH is 1. The summed E-state index contributed by atoms with van der Waals surface area (Å²) < 4.78 is 6.05. The van der Waals surface area contributed by atoms with Crippen molar-refractivity contribution in [1.29, 1.82) is 0 Å². The van der Waals surface area contributed by atoms with Gasteiger partial charge in [0.1, 0.15) is 5.75 Å². The molecule has 0 aliphatic rings. The maximum Gasteiger partial charge on any atom is 0.323 e. The molecule has 0 aliphatic heterocycles. The van der Waals surface area contributed by atoms with Gasteiger partial charge in [0.05, 0.1) is 13.7 Å². The van der Waals surface area contributed by atoms with Crippen molar-refractivity contribution in [3.05, 3.63) is 46.4 Å². The fourth-order valence-corrected chi connectivity index (χ4v) is 2.56. The summed E-state index contributed by atoms with van der Waals surface area (Å²) in [6.45, 7) is 0.930. The van der Waals surface area contributed by atoms with Crippen LogP contribution < -0.4 is 26.4 Å². The second-order valence-electron chi connectivity index (χ2n) is 5.20. The van der Waals surface area contributed by atoms with E-state index >= 15 is 0 Å². The number of anilines is 3.